The van der Waals surface area contributed by atoms with Gasteiger partial charge in [0.05, 0.1) is 69.5 Å². The summed E-state index contributed by atoms with van der Waals surface area (Å²) in [6.07, 6.45) is 6.73. The first kappa shape index (κ1) is 60.1. The van der Waals surface area contributed by atoms with Gasteiger partial charge in [-0.3, -0.25) is 9.59 Å². The normalized spacial score (nSPS) is 17.4. The first-order chi connectivity index (χ1) is 29.5. The molecule has 0 saturated heterocycles. The van der Waals surface area contributed by atoms with E-state index in [1.165, 1.54) is 0 Å². The second kappa shape index (κ2) is 30.3. The van der Waals surface area contributed by atoms with Gasteiger partial charge < -0.3 is 48.5 Å². The van der Waals surface area contributed by atoms with Crippen LogP contribution in [0, 0.1) is 5.41 Å². The van der Waals surface area contributed by atoms with Crippen LogP contribution >= 0.6 is 0 Å². The average molecular weight is 899 g/mol. The fraction of sp³-hybridized carbons (Fsp3) is 0.837. The Morgan fingerprint density at radius 3 is 1.37 bits per heavy atom. The van der Waals surface area contributed by atoms with Gasteiger partial charge in [-0.15, -0.1) is 0 Å². The molecule has 368 valence electrons. The van der Waals surface area contributed by atoms with Gasteiger partial charge in [0, 0.05) is 23.2 Å². The summed E-state index contributed by atoms with van der Waals surface area (Å²) in [5.74, 6) is -1.55. The molecule has 0 aromatic carbocycles. The molecule has 0 saturated carbocycles. The van der Waals surface area contributed by atoms with Crippen LogP contribution in [0.2, 0.25) is 0 Å². The number of rotatable bonds is 38. The molecule has 0 heterocycles. The molecule has 0 aliphatic heterocycles. The summed E-state index contributed by atoms with van der Waals surface area (Å²) in [5.41, 5.74) is -3.04. The van der Waals surface area contributed by atoms with Crippen molar-refractivity contribution in [1.82, 2.24) is 10.6 Å². The Hall–Kier alpha value is -2.88. The van der Waals surface area contributed by atoms with E-state index in [0.29, 0.717) is 76.3 Å². The van der Waals surface area contributed by atoms with Crippen LogP contribution < -0.4 is 10.6 Å². The van der Waals surface area contributed by atoms with E-state index in [0.717, 1.165) is 32.1 Å². The number of esters is 2. The fourth-order valence-electron chi connectivity index (χ4n) is 5.88. The zero-order valence-corrected chi connectivity index (χ0v) is 42.1. The monoisotopic (exact) mass is 899 g/mol. The number of hydrogen-bond acceptors (Lipinski definition) is 12. The second-order valence-corrected chi connectivity index (χ2v) is 18.0. The van der Waals surface area contributed by atoms with Crippen molar-refractivity contribution in [2.45, 2.75) is 196 Å². The molecule has 63 heavy (non-hydrogen) atoms. The van der Waals surface area contributed by atoms with Crippen LogP contribution in [0.5, 0.6) is 0 Å². The number of nitrogens with one attached hydrogen (secondary N) is 2. The van der Waals surface area contributed by atoms with Gasteiger partial charge in [-0.25, -0.2) is 9.59 Å². The van der Waals surface area contributed by atoms with Crippen LogP contribution in [0.3, 0.4) is 0 Å². The molecule has 0 aromatic rings. The maximum absolute atomic E-state index is 13.2. The molecule has 2 amide bonds. The first-order valence-corrected chi connectivity index (χ1v) is 23.5. The molecule has 0 spiro atoms. The molecule has 7 unspecified atom stereocenters. The quantitative estimate of drug-likeness (QED) is 0.0346. The summed E-state index contributed by atoms with van der Waals surface area (Å²) >= 11 is 0. The highest BCUT2D eigenvalue weighted by Gasteiger charge is 2.39. The Labute approximate surface area is 382 Å². The highest BCUT2D eigenvalue weighted by atomic mass is 16.5. The summed E-state index contributed by atoms with van der Waals surface area (Å²) in [6.45, 7) is 37.2. The predicted molar refractivity (Wildman–Crippen MR) is 248 cm³/mol. The highest BCUT2D eigenvalue weighted by Crippen LogP contribution is 2.33. The van der Waals surface area contributed by atoms with Crippen molar-refractivity contribution < 1.29 is 57.1 Å². The Kier molecular flexibility index (Phi) is 29.0. The van der Waals surface area contributed by atoms with Gasteiger partial charge in [-0.05, 0) is 113 Å². The van der Waals surface area contributed by atoms with Crippen LogP contribution in [-0.4, -0.2) is 124 Å². The van der Waals surface area contributed by atoms with Gasteiger partial charge in [-0.2, -0.15) is 0 Å². The lowest BCUT2D eigenvalue weighted by Gasteiger charge is -2.41. The van der Waals surface area contributed by atoms with Crippen LogP contribution in [0.1, 0.15) is 161 Å². The molecule has 7 atom stereocenters. The van der Waals surface area contributed by atoms with E-state index in [1.54, 1.807) is 27.7 Å². The zero-order valence-electron chi connectivity index (χ0n) is 42.1. The van der Waals surface area contributed by atoms with Gasteiger partial charge in [0.25, 0.3) is 11.8 Å². The molecule has 0 aliphatic rings. The molecule has 0 bridgehead atoms. The van der Waals surface area contributed by atoms with Crippen molar-refractivity contribution in [1.29, 1.82) is 0 Å². The molecular formula is C49H90N2O12. The third kappa shape index (κ3) is 22.7. The molecule has 0 rings (SSSR count). The molecule has 0 aliphatic carbocycles. The van der Waals surface area contributed by atoms with E-state index in [-0.39, 0.29) is 56.9 Å². The lowest BCUT2D eigenvalue weighted by molar-refractivity contribution is -0.168. The average Bonchev–Trinajstić information content (AvgIpc) is 3.27. The topological polar surface area (TPSA) is 166 Å². The van der Waals surface area contributed by atoms with Crippen molar-refractivity contribution in [3.63, 3.8) is 0 Å². The Balaban J connectivity index is 5.95. The van der Waals surface area contributed by atoms with E-state index >= 15 is 0 Å². The first-order valence-electron chi connectivity index (χ1n) is 23.5. The molecule has 0 aromatic heterocycles. The van der Waals surface area contributed by atoms with E-state index < -0.39 is 39.8 Å². The van der Waals surface area contributed by atoms with E-state index in [1.807, 2.05) is 13.8 Å². The molecule has 14 nitrogen and oxygen atoms in total. The van der Waals surface area contributed by atoms with E-state index in [9.17, 15) is 19.2 Å². The fourth-order valence-corrected chi connectivity index (χ4v) is 5.88. The van der Waals surface area contributed by atoms with Gasteiger partial charge in [0.15, 0.2) is 0 Å². The molecule has 14 heteroatoms. The summed E-state index contributed by atoms with van der Waals surface area (Å²) in [4.78, 5) is 49.7. The minimum Gasteiger partial charge on any atom is -0.460 e. The summed E-state index contributed by atoms with van der Waals surface area (Å²) in [6, 6.07) is 0. The van der Waals surface area contributed by atoms with Crippen molar-refractivity contribution in [2.24, 2.45) is 5.41 Å². The predicted octanol–water partition coefficient (Wildman–Crippen LogP) is 8.38. The largest absolute Gasteiger partial charge is 0.460 e. The maximum Gasteiger partial charge on any atom is 0.333 e. The number of carbonyl (C=O) groups excluding carboxylic acids is 4. The van der Waals surface area contributed by atoms with E-state index in [2.05, 4.69) is 79.2 Å². The molecule has 2 N–H and O–H groups in total. The van der Waals surface area contributed by atoms with Crippen LogP contribution in [0.4, 0.5) is 0 Å². The third-order valence-electron chi connectivity index (χ3n) is 12.5. The van der Waals surface area contributed by atoms with Gasteiger partial charge in [-0.1, -0.05) is 61.6 Å². The summed E-state index contributed by atoms with van der Waals surface area (Å²) in [7, 11) is 0. The van der Waals surface area contributed by atoms with Gasteiger partial charge in [0.1, 0.15) is 24.4 Å². The van der Waals surface area contributed by atoms with E-state index in [4.69, 9.17) is 37.9 Å². The lowest BCUT2D eigenvalue weighted by atomic mass is 9.86. The Morgan fingerprint density at radius 1 is 0.540 bits per heavy atom. The Bertz CT molecular complexity index is 1390. The molecule has 0 fully saturated rings. The van der Waals surface area contributed by atoms with Crippen LogP contribution in [0.15, 0.2) is 24.3 Å². The number of carbonyl (C=O) groups is 4. The maximum atomic E-state index is 13.2. The molecular weight excluding hydrogens is 809 g/mol. The van der Waals surface area contributed by atoms with Crippen molar-refractivity contribution >= 4 is 23.8 Å². The van der Waals surface area contributed by atoms with Crippen LogP contribution in [0.25, 0.3) is 0 Å². The standard InChI is InChI=1S/C49H90N2O12/c1-17-39(12)56-30-25-45(13,19-3)62-35-49(23-7,34-59-40(18-2)24-29-60-47(15,21-5)43(54)50-27-32-57-41(52)37(8)9)36-63-46(14,20-4)26-31-61-48(16,22-6)44(55)51-28-33-58-42(53)38(10)11/h39-40H,8,10,17-36H2,1-7,9,11-16H3,(H,50,54)(H,51,55). The zero-order chi connectivity index (χ0) is 48.3. The molecule has 0 radical (unpaired) electrons. The van der Waals surface area contributed by atoms with Crippen molar-refractivity contribution in [2.75, 3.05) is 65.9 Å². The summed E-state index contributed by atoms with van der Waals surface area (Å²) in [5, 5.41) is 5.65. The van der Waals surface area contributed by atoms with Crippen molar-refractivity contribution in [3.8, 4) is 0 Å². The number of hydrogen-bond donors (Lipinski definition) is 2. The minimum atomic E-state index is -1.08. The van der Waals surface area contributed by atoms with Gasteiger partial charge in [0.2, 0.25) is 0 Å². The Morgan fingerprint density at radius 2 is 0.984 bits per heavy atom. The second-order valence-electron chi connectivity index (χ2n) is 18.0. The smallest absolute Gasteiger partial charge is 0.333 e. The highest BCUT2D eigenvalue weighted by molar-refractivity contribution is 5.87. The number of ether oxygens (including phenoxy) is 8. The number of amides is 2. The third-order valence-corrected chi connectivity index (χ3v) is 12.5. The van der Waals surface area contributed by atoms with Crippen LogP contribution in [-0.2, 0) is 57.1 Å². The summed E-state index contributed by atoms with van der Waals surface area (Å²) < 4.78 is 49.2. The van der Waals surface area contributed by atoms with Crippen molar-refractivity contribution in [3.05, 3.63) is 24.3 Å². The van der Waals surface area contributed by atoms with Gasteiger partial charge >= 0.3 is 11.9 Å². The lowest BCUT2D eigenvalue weighted by Crippen LogP contribution is -2.48. The minimum absolute atomic E-state index is 0.0393. The SMILES string of the molecule is C=C(C)C(=O)OCCNC(=O)C(C)(CC)OCCC(CC)OCC(CC)(COC(C)(CC)CCOC(C)CC)COC(C)(CC)CCOC(C)(CC)C(=O)NCCOC(=O)C(=C)C.